The molecule has 0 radical (unpaired) electrons. The fourth-order valence-corrected chi connectivity index (χ4v) is 5.08. The number of para-hydroxylation sites is 1. The van der Waals surface area contributed by atoms with Crippen LogP contribution in [0.2, 0.25) is 0 Å². The van der Waals surface area contributed by atoms with Crippen LogP contribution < -0.4 is 5.32 Å². The lowest BCUT2D eigenvalue weighted by atomic mass is 9.97. The molecule has 1 heterocycles. The fraction of sp³-hybridized carbons (Fsp3) is 0.435. The van der Waals surface area contributed by atoms with E-state index in [1.54, 1.807) is 16.4 Å². The maximum Gasteiger partial charge on any atom is 0.255 e. The second-order valence-corrected chi connectivity index (χ2v) is 9.90. The van der Waals surface area contributed by atoms with Crippen molar-refractivity contribution >= 4 is 21.6 Å². The van der Waals surface area contributed by atoms with E-state index in [2.05, 4.69) is 26.1 Å². The van der Waals surface area contributed by atoms with Crippen molar-refractivity contribution in [1.29, 1.82) is 0 Å². The van der Waals surface area contributed by atoms with E-state index < -0.39 is 10.0 Å². The van der Waals surface area contributed by atoms with Crippen molar-refractivity contribution in [3.05, 3.63) is 59.7 Å². The van der Waals surface area contributed by atoms with E-state index >= 15 is 0 Å². The third kappa shape index (κ3) is 4.87. The van der Waals surface area contributed by atoms with Gasteiger partial charge in [-0.3, -0.25) is 4.79 Å². The summed E-state index contributed by atoms with van der Waals surface area (Å²) < 4.78 is 27.2. The Balaban J connectivity index is 1.74. The Bertz CT molecular complexity index is 946. The number of rotatable bonds is 6. The van der Waals surface area contributed by atoms with Crippen LogP contribution in [-0.4, -0.2) is 31.7 Å². The first-order valence-corrected chi connectivity index (χ1v) is 11.8. The van der Waals surface area contributed by atoms with Crippen molar-refractivity contribution in [1.82, 2.24) is 4.31 Å². The van der Waals surface area contributed by atoms with Gasteiger partial charge in [0.25, 0.3) is 5.91 Å². The van der Waals surface area contributed by atoms with Gasteiger partial charge in [-0.2, -0.15) is 4.31 Å². The zero-order valence-corrected chi connectivity index (χ0v) is 18.2. The van der Waals surface area contributed by atoms with Gasteiger partial charge in [-0.15, -0.1) is 0 Å². The third-order valence-electron chi connectivity index (χ3n) is 5.85. The van der Waals surface area contributed by atoms with Gasteiger partial charge >= 0.3 is 0 Å². The summed E-state index contributed by atoms with van der Waals surface area (Å²) in [7, 11) is -3.51. The summed E-state index contributed by atoms with van der Waals surface area (Å²) in [4.78, 5) is 12.9. The number of piperidine rings is 1. The molecular formula is C23H30N2O3S. The molecule has 1 N–H and O–H groups in total. The minimum Gasteiger partial charge on any atom is -0.322 e. The average molecular weight is 415 g/mol. The maximum absolute atomic E-state index is 12.8. The second-order valence-electron chi connectivity index (χ2n) is 7.96. The monoisotopic (exact) mass is 414 g/mol. The Labute approximate surface area is 174 Å². The van der Waals surface area contributed by atoms with E-state index in [1.807, 2.05) is 24.3 Å². The van der Waals surface area contributed by atoms with Crippen molar-refractivity contribution in [2.24, 2.45) is 5.92 Å². The van der Waals surface area contributed by atoms with E-state index in [9.17, 15) is 13.2 Å². The quantitative estimate of drug-likeness (QED) is 0.733. The molecule has 1 aliphatic rings. The molecule has 29 heavy (non-hydrogen) atoms. The Morgan fingerprint density at radius 2 is 1.72 bits per heavy atom. The molecule has 2 aromatic rings. The SMILES string of the molecule is CC[C@@H](C)c1ccccc1NC(=O)c1ccc(S(=O)(=O)N2CCC(C)CC2)cc1. The molecular weight excluding hydrogens is 384 g/mol. The highest BCUT2D eigenvalue weighted by Crippen LogP contribution is 2.27. The largest absolute Gasteiger partial charge is 0.322 e. The summed E-state index contributed by atoms with van der Waals surface area (Å²) in [6.45, 7) is 7.50. The topological polar surface area (TPSA) is 66.5 Å². The lowest BCUT2D eigenvalue weighted by Crippen LogP contribution is -2.37. The molecule has 0 spiro atoms. The van der Waals surface area contributed by atoms with Gasteiger partial charge in [0.15, 0.2) is 0 Å². The van der Waals surface area contributed by atoms with Crippen molar-refractivity contribution in [3.8, 4) is 0 Å². The highest BCUT2D eigenvalue weighted by Gasteiger charge is 2.28. The van der Waals surface area contributed by atoms with Gasteiger partial charge in [-0.25, -0.2) is 8.42 Å². The fourth-order valence-electron chi connectivity index (χ4n) is 3.61. The van der Waals surface area contributed by atoms with Crippen LogP contribution in [0.25, 0.3) is 0 Å². The van der Waals surface area contributed by atoms with Crippen LogP contribution in [-0.2, 0) is 10.0 Å². The highest BCUT2D eigenvalue weighted by atomic mass is 32.2. The van der Waals surface area contributed by atoms with Gasteiger partial charge in [-0.1, -0.05) is 39.0 Å². The van der Waals surface area contributed by atoms with Gasteiger partial charge in [0.1, 0.15) is 0 Å². The lowest BCUT2D eigenvalue weighted by molar-refractivity contribution is 0.102. The minimum atomic E-state index is -3.51. The zero-order valence-electron chi connectivity index (χ0n) is 17.4. The predicted molar refractivity (Wildman–Crippen MR) is 117 cm³/mol. The summed E-state index contributed by atoms with van der Waals surface area (Å²) in [5.74, 6) is 0.661. The zero-order chi connectivity index (χ0) is 21.0. The minimum absolute atomic E-state index is 0.239. The molecule has 3 rings (SSSR count). The number of amides is 1. The molecule has 0 unspecified atom stereocenters. The van der Waals surface area contributed by atoms with Crippen molar-refractivity contribution in [2.75, 3.05) is 18.4 Å². The number of anilines is 1. The Morgan fingerprint density at radius 3 is 2.34 bits per heavy atom. The first kappa shape index (κ1) is 21.5. The summed E-state index contributed by atoms with van der Waals surface area (Å²) in [6, 6.07) is 14.0. The number of sulfonamides is 1. The standard InChI is InChI=1S/C23H30N2O3S/c1-4-18(3)21-7-5-6-8-22(21)24-23(26)19-9-11-20(12-10-19)29(27,28)25-15-13-17(2)14-16-25/h5-12,17-18H,4,13-16H2,1-3H3,(H,24,26)/t18-/m1/s1. The van der Waals surface area contributed by atoms with Crippen LogP contribution in [0.4, 0.5) is 5.69 Å². The summed E-state index contributed by atoms with van der Waals surface area (Å²) in [6.07, 6.45) is 2.75. The average Bonchev–Trinajstić information content (AvgIpc) is 2.74. The van der Waals surface area contributed by atoms with Gasteiger partial charge in [0.05, 0.1) is 4.90 Å². The Kier molecular flexibility index (Phi) is 6.75. The molecule has 1 atom stereocenters. The molecule has 1 amide bonds. The van der Waals surface area contributed by atoms with Gasteiger partial charge in [-0.05, 0) is 67.0 Å². The number of nitrogens with one attached hydrogen (secondary N) is 1. The molecule has 156 valence electrons. The van der Waals surface area contributed by atoms with Crippen LogP contribution in [0.3, 0.4) is 0 Å². The summed E-state index contributed by atoms with van der Waals surface area (Å²) in [5, 5.41) is 2.97. The molecule has 0 aromatic heterocycles. The van der Waals surface area contributed by atoms with E-state index in [0.717, 1.165) is 30.5 Å². The number of carbonyl (C=O) groups is 1. The molecule has 0 aliphatic carbocycles. The van der Waals surface area contributed by atoms with Gasteiger partial charge in [0.2, 0.25) is 10.0 Å². The first-order chi connectivity index (χ1) is 13.8. The Morgan fingerprint density at radius 1 is 1.10 bits per heavy atom. The Hall–Kier alpha value is -2.18. The normalized spacial score (nSPS) is 17.1. The first-order valence-electron chi connectivity index (χ1n) is 10.3. The van der Waals surface area contributed by atoms with E-state index in [1.165, 1.54) is 12.1 Å². The van der Waals surface area contributed by atoms with Crippen LogP contribution >= 0.6 is 0 Å². The highest BCUT2D eigenvalue weighted by molar-refractivity contribution is 7.89. The number of benzene rings is 2. The molecule has 1 aliphatic heterocycles. The predicted octanol–water partition coefficient (Wildman–Crippen LogP) is 4.87. The van der Waals surface area contributed by atoms with Crippen molar-refractivity contribution in [2.45, 2.75) is 50.8 Å². The number of hydrogen-bond acceptors (Lipinski definition) is 3. The van der Waals surface area contributed by atoms with Crippen LogP contribution in [0.15, 0.2) is 53.4 Å². The van der Waals surface area contributed by atoms with Gasteiger partial charge in [0, 0.05) is 24.3 Å². The van der Waals surface area contributed by atoms with Crippen LogP contribution in [0.5, 0.6) is 0 Å². The smallest absolute Gasteiger partial charge is 0.255 e. The molecule has 6 heteroatoms. The summed E-state index contributed by atoms with van der Waals surface area (Å²) in [5.41, 5.74) is 2.34. The molecule has 2 aromatic carbocycles. The molecule has 0 bridgehead atoms. The number of nitrogens with zero attached hydrogens (tertiary/aromatic N) is 1. The van der Waals surface area contributed by atoms with Crippen LogP contribution in [0, 0.1) is 5.92 Å². The molecule has 0 saturated carbocycles. The maximum atomic E-state index is 12.8. The molecule has 1 fully saturated rings. The lowest BCUT2D eigenvalue weighted by Gasteiger charge is -2.29. The molecule has 1 saturated heterocycles. The summed E-state index contributed by atoms with van der Waals surface area (Å²) >= 11 is 0. The third-order valence-corrected chi connectivity index (χ3v) is 7.76. The second kappa shape index (κ2) is 9.09. The van der Waals surface area contributed by atoms with Crippen molar-refractivity contribution < 1.29 is 13.2 Å². The molecule has 5 nitrogen and oxygen atoms in total. The van der Waals surface area contributed by atoms with Crippen molar-refractivity contribution in [3.63, 3.8) is 0 Å². The van der Waals surface area contributed by atoms with Crippen LogP contribution in [0.1, 0.15) is 61.9 Å². The van der Waals surface area contributed by atoms with E-state index in [4.69, 9.17) is 0 Å². The van der Waals surface area contributed by atoms with Gasteiger partial charge < -0.3 is 5.32 Å². The number of hydrogen-bond donors (Lipinski definition) is 1. The van der Waals surface area contributed by atoms with E-state index in [0.29, 0.717) is 30.5 Å². The number of carbonyl (C=O) groups excluding carboxylic acids is 1. The van der Waals surface area contributed by atoms with E-state index in [-0.39, 0.29) is 10.8 Å².